The van der Waals surface area contributed by atoms with Gasteiger partial charge in [0.25, 0.3) is 5.91 Å². The molecule has 1 amide bonds. The highest BCUT2D eigenvalue weighted by Crippen LogP contribution is 2.32. The van der Waals surface area contributed by atoms with E-state index >= 15 is 0 Å². The van der Waals surface area contributed by atoms with Crippen molar-refractivity contribution in [2.45, 2.75) is 53.0 Å². The molecule has 1 N–H and O–H groups in total. The van der Waals surface area contributed by atoms with Crippen LogP contribution in [0.1, 0.15) is 55.4 Å². The van der Waals surface area contributed by atoms with Gasteiger partial charge in [-0.2, -0.15) is 0 Å². The Morgan fingerprint density at radius 2 is 2.12 bits per heavy atom. The smallest absolute Gasteiger partial charge is 0.265 e. The maximum absolute atomic E-state index is 13.2. The topological polar surface area (TPSA) is 48.5 Å². The Balaban J connectivity index is 1.73. The van der Waals surface area contributed by atoms with Crippen LogP contribution in [-0.2, 0) is 0 Å². The lowest BCUT2D eigenvalue weighted by atomic mass is 10.0. The molecule has 0 unspecified atom stereocenters. The summed E-state index contributed by atoms with van der Waals surface area (Å²) in [5.41, 5.74) is 0.853. The molecule has 2 fully saturated rings. The minimum atomic E-state index is 0.165. The number of thiazole rings is 1. The van der Waals surface area contributed by atoms with Crippen molar-refractivity contribution in [3.8, 4) is 0 Å². The van der Waals surface area contributed by atoms with Crippen LogP contribution in [0.5, 0.6) is 0 Å². The molecule has 1 saturated carbocycles. The summed E-state index contributed by atoms with van der Waals surface area (Å²) in [6.45, 7) is 13.4. The summed E-state index contributed by atoms with van der Waals surface area (Å²) in [4.78, 5) is 23.2. The van der Waals surface area contributed by atoms with E-state index in [0.29, 0.717) is 12.0 Å². The molecule has 2 heterocycles. The van der Waals surface area contributed by atoms with Crippen LogP contribution in [-0.4, -0.2) is 59.5 Å². The Morgan fingerprint density at radius 3 is 2.76 bits per heavy atom. The highest BCUT2D eigenvalue weighted by molar-refractivity contribution is 7.17. The highest BCUT2D eigenvalue weighted by atomic mass is 32.1. The first-order chi connectivity index (χ1) is 12.0. The quantitative estimate of drug-likeness (QED) is 0.840. The van der Waals surface area contributed by atoms with Crippen LogP contribution >= 0.6 is 11.3 Å². The molecule has 1 saturated heterocycles. The van der Waals surface area contributed by atoms with Crippen molar-refractivity contribution in [1.29, 1.82) is 0 Å². The number of nitrogens with zero attached hydrogens (tertiary/aromatic N) is 3. The van der Waals surface area contributed by atoms with E-state index in [4.69, 9.17) is 0 Å². The van der Waals surface area contributed by atoms with Gasteiger partial charge >= 0.3 is 0 Å². The standard InChI is InChI=1S/C19H32N4OS/c1-5-20-19-21-14(4)17(25-19)18(24)23-10-6-9-22(11-15-7-8-15)16(12-23)13(2)3/h13,15-16H,5-12H2,1-4H3,(H,20,21)/t16-/m0/s1. The third kappa shape index (κ3) is 4.53. The summed E-state index contributed by atoms with van der Waals surface area (Å²) in [6, 6.07) is 0.466. The molecule has 2 aliphatic rings. The van der Waals surface area contributed by atoms with Crippen LogP contribution < -0.4 is 5.32 Å². The van der Waals surface area contributed by atoms with Gasteiger partial charge in [0.05, 0.1) is 5.69 Å². The minimum Gasteiger partial charge on any atom is -0.362 e. The number of rotatable bonds is 6. The van der Waals surface area contributed by atoms with Gasteiger partial charge in [0, 0.05) is 38.8 Å². The Labute approximate surface area is 155 Å². The number of hydrogen-bond donors (Lipinski definition) is 1. The number of carbonyl (C=O) groups is 1. The minimum absolute atomic E-state index is 0.165. The molecule has 0 spiro atoms. The van der Waals surface area contributed by atoms with Crippen molar-refractivity contribution in [3.05, 3.63) is 10.6 Å². The summed E-state index contributed by atoms with van der Waals surface area (Å²) in [5, 5.41) is 4.09. The maximum atomic E-state index is 13.2. The van der Waals surface area contributed by atoms with Gasteiger partial charge < -0.3 is 10.2 Å². The van der Waals surface area contributed by atoms with Crippen molar-refractivity contribution in [3.63, 3.8) is 0 Å². The first kappa shape index (κ1) is 18.6. The lowest BCUT2D eigenvalue weighted by Gasteiger charge is -2.34. The van der Waals surface area contributed by atoms with Crippen molar-refractivity contribution in [2.24, 2.45) is 11.8 Å². The number of carbonyl (C=O) groups excluding carboxylic acids is 1. The fourth-order valence-electron chi connectivity index (χ4n) is 3.70. The highest BCUT2D eigenvalue weighted by Gasteiger charge is 2.34. The molecule has 1 aliphatic carbocycles. The van der Waals surface area contributed by atoms with Crippen LogP contribution in [0.15, 0.2) is 0 Å². The molecular formula is C19H32N4OS. The van der Waals surface area contributed by atoms with Crippen LogP contribution in [0.3, 0.4) is 0 Å². The van der Waals surface area contributed by atoms with Crippen molar-refractivity contribution >= 4 is 22.4 Å². The van der Waals surface area contributed by atoms with E-state index in [1.165, 1.54) is 30.7 Å². The zero-order valence-electron chi connectivity index (χ0n) is 16.0. The number of hydrogen-bond acceptors (Lipinski definition) is 5. The van der Waals surface area contributed by atoms with E-state index in [2.05, 4.69) is 40.9 Å². The number of aromatic nitrogens is 1. The molecule has 1 aliphatic heterocycles. The second kappa shape index (κ2) is 8.04. The van der Waals surface area contributed by atoms with Crippen molar-refractivity contribution in [2.75, 3.05) is 38.0 Å². The van der Waals surface area contributed by atoms with Crippen LogP contribution in [0.2, 0.25) is 0 Å². The Kier molecular flexibility index (Phi) is 6.00. The van der Waals surface area contributed by atoms with Crippen molar-refractivity contribution < 1.29 is 4.79 Å². The average Bonchev–Trinajstić information content (AvgIpc) is 3.33. The largest absolute Gasteiger partial charge is 0.362 e. The van der Waals surface area contributed by atoms with Gasteiger partial charge in [0.2, 0.25) is 0 Å². The van der Waals surface area contributed by atoms with E-state index in [1.807, 2.05) is 6.92 Å². The summed E-state index contributed by atoms with van der Waals surface area (Å²) in [5.74, 6) is 1.63. The predicted octanol–water partition coefficient (Wildman–Crippen LogP) is 3.47. The average molecular weight is 365 g/mol. The second-order valence-electron chi connectivity index (χ2n) is 7.82. The Hall–Kier alpha value is -1.14. The third-order valence-corrected chi connectivity index (χ3v) is 6.42. The molecule has 1 aromatic rings. The van der Waals surface area contributed by atoms with Gasteiger partial charge in [0.1, 0.15) is 4.88 Å². The predicted molar refractivity (Wildman–Crippen MR) is 104 cm³/mol. The van der Waals surface area contributed by atoms with Gasteiger partial charge in [-0.3, -0.25) is 9.69 Å². The molecule has 1 aromatic heterocycles. The van der Waals surface area contributed by atoms with Gasteiger partial charge in [-0.05, 0) is 44.9 Å². The number of anilines is 1. The van der Waals surface area contributed by atoms with Crippen molar-refractivity contribution in [1.82, 2.24) is 14.8 Å². The SMILES string of the molecule is CCNc1nc(C)c(C(=O)N2CCCN(CC3CC3)[C@H](C(C)C)C2)s1. The fraction of sp³-hybridized carbons (Fsp3) is 0.789. The molecule has 0 bridgehead atoms. The molecule has 25 heavy (non-hydrogen) atoms. The normalized spacial score (nSPS) is 22.3. The first-order valence-electron chi connectivity index (χ1n) is 9.74. The lowest BCUT2D eigenvalue weighted by molar-refractivity contribution is 0.0708. The molecule has 3 rings (SSSR count). The number of nitrogens with one attached hydrogen (secondary N) is 1. The number of amides is 1. The summed E-state index contributed by atoms with van der Waals surface area (Å²) in [6.07, 6.45) is 3.84. The van der Waals surface area contributed by atoms with Gasteiger partial charge in [-0.25, -0.2) is 4.98 Å². The molecule has 0 radical (unpaired) electrons. The molecule has 6 heteroatoms. The van der Waals surface area contributed by atoms with E-state index in [1.54, 1.807) is 0 Å². The molecule has 5 nitrogen and oxygen atoms in total. The third-order valence-electron chi connectivity index (χ3n) is 5.32. The maximum Gasteiger partial charge on any atom is 0.265 e. The van der Waals surface area contributed by atoms with Gasteiger partial charge in [0.15, 0.2) is 5.13 Å². The Morgan fingerprint density at radius 1 is 1.36 bits per heavy atom. The van der Waals surface area contributed by atoms with E-state index in [0.717, 1.165) is 54.2 Å². The molecular weight excluding hydrogens is 332 g/mol. The van der Waals surface area contributed by atoms with E-state index < -0.39 is 0 Å². The van der Waals surface area contributed by atoms with Crippen LogP contribution in [0, 0.1) is 18.8 Å². The summed E-state index contributed by atoms with van der Waals surface area (Å²) >= 11 is 1.50. The Bertz CT molecular complexity index is 596. The lowest BCUT2D eigenvalue weighted by Crippen LogP contribution is -2.46. The van der Waals surface area contributed by atoms with Crippen LogP contribution in [0.25, 0.3) is 0 Å². The van der Waals surface area contributed by atoms with E-state index in [-0.39, 0.29) is 5.91 Å². The zero-order valence-corrected chi connectivity index (χ0v) is 16.9. The summed E-state index contributed by atoms with van der Waals surface area (Å²) in [7, 11) is 0. The first-order valence-corrected chi connectivity index (χ1v) is 10.6. The monoisotopic (exact) mass is 364 g/mol. The summed E-state index contributed by atoms with van der Waals surface area (Å²) < 4.78 is 0. The van der Waals surface area contributed by atoms with Gasteiger partial charge in [-0.15, -0.1) is 0 Å². The van der Waals surface area contributed by atoms with Crippen LogP contribution in [0.4, 0.5) is 5.13 Å². The fourth-order valence-corrected chi connectivity index (χ4v) is 4.71. The zero-order chi connectivity index (χ0) is 18.0. The second-order valence-corrected chi connectivity index (χ2v) is 8.82. The molecule has 1 atom stereocenters. The molecule has 0 aromatic carbocycles. The number of aryl methyl sites for hydroxylation is 1. The molecule has 140 valence electrons. The van der Waals surface area contributed by atoms with Gasteiger partial charge in [-0.1, -0.05) is 25.2 Å². The van der Waals surface area contributed by atoms with E-state index in [9.17, 15) is 4.79 Å².